The Kier molecular flexibility index (Phi) is 16.8. The average Bonchev–Trinajstić information content (AvgIpc) is 1.51. The van der Waals surface area contributed by atoms with Gasteiger partial charge in [-0.2, -0.15) is 0 Å². The topological polar surface area (TPSA) is 39.4 Å². The molecule has 0 bridgehead atoms. The lowest BCUT2D eigenvalue weighted by atomic mass is 9.70. The first kappa shape index (κ1) is 81.5. The van der Waals surface area contributed by atoms with Crippen LogP contribution in [-0.2, 0) is 16.2 Å². The maximum absolute atomic E-state index is 6.83. The number of fused-ring (bicyclic) bond motifs is 52. The molecule has 0 radical (unpaired) electrons. The van der Waals surface area contributed by atoms with Gasteiger partial charge in [0.15, 0.2) is 0 Å². The Morgan fingerprint density at radius 3 is 0.736 bits per heavy atom. The van der Waals surface area contributed by atoms with Crippen molar-refractivity contribution in [3.63, 3.8) is 0 Å². The summed E-state index contributed by atoms with van der Waals surface area (Å²) in [6.45, 7) is 0. The van der Waals surface area contributed by atoms with E-state index in [4.69, 9.17) is 13.3 Å². The van der Waals surface area contributed by atoms with Crippen LogP contribution in [0, 0.1) is 0 Å². The third-order valence-electron chi connectivity index (χ3n) is 34.2. The molecule has 3 heteroatoms. The highest BCUT2D eigenvalue weighted by molar-refractivity contribution is 6.28. The van der Waals surface area contributed by atoms with Crippen molar-refractivity contribution >= 4 is 141 Å². The van der Waals surface area contributed by atoms with E-state index in [0.717, 1.165) is 55.0 Å². The second-order valence-corrected chi connectivity index (χ2v) is 41.1. The van der Waals surface area contributed by atoms with Gasteiger partial charge in [0.1, 0.15) is 33.5 Å². The van der Waals surface area contributed by atoms with Crippen LogP contribution in [-0.4, -0.2) is 0 Å². The molecule has 0 saturated heterocycles. The summed E-state index contributed by atoms with van der Waals surface area (Å²) in [7, 11) is 0. The summed E-state index contributed by atoms with van der Waals surface area (Å²) >= 11 is 0. The van der Waals surface area contributed by atoms with Crippen molar-refractivity contribution in [2.24, 2.45) is 0 Å². The highest BCUT2D eigenvalue weighted by Gasteiger charge is 2.56. The summed E-state index contributed by atoms with van der Waals surface area (Å²) in [5, 5.41) is 24.9. The molecular formula is C145H84O3. The molecule has 0 aliphatic heterocycles. The van der Waals surface area contributed by atoms with Crippen LogP contribution in [0.1, 0.15) is 66.8 Å². The van der Waals surface area contributed by atoms with Gasteiger partial charge in [-0.15, -0.1) is 0 Å². The van der Waals surface area contributed by atoms with Gasteiger partial charge >= 0.3 is 0 Å². The normalized spacial score (nSPS) is 13.7. The Balaban J connectivity index is 0.0000000966. The molecule has 3 heterocycles. The molecule has 0 unspecified atom stereocenters. The fourth-order valence-electron chi connectivity index (χ4n) is 28.2. The summed E-state index contributed by atoms with van der Waals surface area (Å²) in [6.07, 6.45) is 0. The second kappa shape index (κ2) is 30.5. The molecule has 0 saturated carbocycles. The molecule has 0 fully saturated rings. The van der Waals surface area contributed by atoms with E-state index < -0.39 is 5.41 Å². The third-order valence-corrected chi connectivity index (χ3v) is 34.2. The van der Waals surface area contributed by atoms with Crippen molar-refractivity contribution in [2.75, 3.05) is 0 Å². The molecule has 0 atom stereocenters. The van der Waals surface area contributed by atoms with Crippen molar-refractivity contribution in [2.45, 2.75) is 16.2 Å². The van der Waals surface area contributed by atoms with Gasteiger partial charge in [-0.05, 0) is 332 Å². The van der Waals surface area contributed by atoms with Crippen LogP contribution in [0.15, 0.2) is 523 Å². The standard InChI is InChI=1S/2C49H28O.C47H28O/c1-2-14-33-31(12-1)32-13-3-4-15-34(32)39-26-29(24-25-35(33)39)30-19-11-23-46-48(30)41-27-40-38-18-7-10-22-44(38)49(45(40)28-47(41)50-46)42-20-8-5-16-36(42)37-17-6-9-21-43(37)49;1-2-13-33-31(11-1)32-12-3-4-14-34(32)39-25-29(21-23-35(33)39)30-22-24-47-41(26-30)42-27-40-38-17-7-10-20-45(38)49(46(40)28-48(42)50-47)43-18-8-5-15-36(43)37-16-6-9-19-44(37)49;1-2-11-32-26-33(25-22-29(32)10-1)30-20-23-31(24-21-30)34-15-9-19-44-46(34)39-27-38-37-14-5-8-18-42(37)47(43(38)28-45(39)48-44)40-16-6-3-12-35(40)36-13-4-7-17-41(36)47/h2*1-28H;1-28H. The Labute approximate surface area is 852 Å². The van der Waals surface area contributed by atoms with Crippen LogP contribution in [0.2, 0.25) is 0 Å². The van der Waals surface area contributed by atoms with Crippen LogP contribution in [0.25, 0.3) is 252 Å². The molecule has 0 N–H and O–H groups in total. The van der Waals surface area contributed by atoms with Crippen LogP contribution in [0.3, 0.4) is 0 Å². The van der Waals surface area contributed by atoms with E-state index in [-0.39, 0.29) is 10.8 Å². The fraction of sp³-hybridized carbons (Fsp3) is 0.0207. The van der Waals surface area contributed by atoms with Crippen molar-refractivity contribution in [3.8, 4) is 111 Å². The number of benzene rings is 26. The smallest absolute Gasteiger partial charge is 0.136 e. The molecule has 682 valence electrons. The largest absolute Gasteiger partial charge is 0.456 e. The third kappa shape index (κ3) is 10.9. The predicted octanol–water partition coefficient (Wildman–Crippen LogP) is 38.5. The molecule has 6 aliphatic carbocycles. The molecule has 6 aliphatic rings. The maximum atomic E-state index is 6.83. The highest BCUT2D eigenvalue weighted by atomic mass is 16.3. The van der Waals surface area contributed by atoms with Gasteiger partial charge in [0.2, 0.25) is 0 Å². The summed E-state index contributed by atoms with van der Waals surface area (Å²) in [6, 6.07) is 188. The summed E-state index contributed by atoms with van der Waals surface area (Å²) in [5.41, 5.74) is 45.7. The molecule has 0 amide bonds. The van der Waals surface area contributed by atoms with E-state index in [1.807, 2.05) is 0 Å². The highest BCUT2D eigenvalue weighted by Crippen LogP contribution is 2.68. The molecule has 148 heavy (non-hydrogen) atoms. The molecule has 26 aromatic carbocycles. The molecular weight excluding hydrogens is 1790 g/mol. The molecule has 3 nitrogen and oxygen atoms in total. The van der Waals surface area contributed by atoms with E-state index in [1.165, 1.54) is 264 Å². The fourth-order valence-corrected chi connectivity index (χ4v) is 28.2. The number of hydrogen-bond acceptors (Lipinski definition) is 3. The zero-order valence-corrected chi connectivity index (χ0v) is 80.2. The van der Waals surface area contributed by atoms with E-state index in [9.17, 15) is 0 Å². The number of rotatable bonds is 4. The van der Waals surface area contributed by atoms with Gasteiger partial charge in [0, 0.05) is 32.3 Å². The quantitative estimate of drug-likeness (QED) is 0.165. The Morgan fingerprint density at radius 2 is 0.351 bits per heavy atom. The Morgan fingerprint density at radius 1 is 0.108 bits per heavy atom. The first-order chi connectivity index (χ1) is 73.4. The minimum Gasteiger partial charge on any atom is -0.456 e. The lowest BCUT2D eigenvalue weighted by Crippen LogP contribution is -2.25. The lowest BCUT2D eigenvalue weighted by molar-refractivity contribution is 0.666. The van der Waals surface area contributed by atoms with Crippen molar-refractivity contribution in [3.05, 3.63) is 576 Å². The number of furan rings is 3. The Bertz CT molecular complexity index is 10700. The van der Waals surface area contributed by atoms with Gasteiger partial charge in [-0.25, -0.2) is 0 Å². The van der Waals surface area contributed by atoms with Crippen LogP contribution < -0.4 is 0 Å². The van der Waals surface area contributed by atoms with E-state index in [2.05, 4.69) is 510 Å². The summed E-state index contributed by atoms with van der Waals surface area (Å²) in [4.78, 5) is 0. The zero-order valence-electron chi connectivity index (χ0n) is 80.2. The van der Waals surface area contributed by atoms with Crippen LogP contribution in [0.5, 0.6) is 0 Å². The summed E-state index contributed by atoms with van der Waals surface area (Å²) in [5.74, 6) is 0. The minimum atomic E-state index is -0.392. The van der Waals surface area contributed by atoms with Gasteiger partial charge in [0.05, 0.1) is 16.2 Å². The lowest BCUT2D eigenvalue weighted by Gasteiger charge is -2.30. The molecule has 29 aromatic rings. The van der Waals surface area contributed by atoms with Crippen molar-refractivity contribution < 1.29 is 13.3 Å². The SMILES string of the molecule is c1ccc2c(c1)-c1ccccc1C21c2ccccc2-c2cc3c(cc21)oc1ccc(-c2ccc4c5ccccc5c5ccccc5c4c2)cc13.c1ccc2c(c1)-c1ccccc1C21c2ccccc2-c2cc3c(cc21)oc1cccc(-c2ccc(-c4ccc5ccccc5c4)cc2)c13.c1ccc2c(c1)-c1ccccc1C21c2ccccc2-c2cc3c(cc21)oc1cccc(-c2ccc4c5ccccc5c5ccccc5c4c2)c13. The van der Waals surface area contributed by atoms with Crippen molar-refractivity contribution in [1.82, 2.24) is 0 Å². The maximum Gasteiger partial charge on any atom is 0.136 e. The van der Waals surface area contributed by atoms with E-state index in [0.29, 0.717) is 0 Å². The molecule has 3 spiro atoms. The van der Waals surface area contributed by atoms with Crippen LogP contribution >= 0.6 is 0 Å². The van der Waals surface area contributed by atoms with Crippen molar-refractivity contribution in [1.29, 1.82) is 0 Å². The predicted molar refractivity (Wildman–Crippen MR) is 614 cm³/mol. The van der Waals surface area contributed by atoms with Gasteiger partial charge in [0.25, 0.3) is 0 Å². The Hall–Kier alpha value is -19.1. The second-order valence-electron chi connectivity index (χ2n) is 41.1. The van der Waals surface area contributed by atoms with Gasteiger partial charge in [-0.3, -0.25) is 0 Å². The summed E-state index contributed by atoms with van der Waals surface area (Å²) < 4.78 is 20.3. The van der Waals surface area contributed by atoms with Gasteiger partial charge in [-0.1, -0.05) is 431 Å². The number of hydrogen-bond donors (Lipinski definition) is 0. The van der Waals surface area contributed by atoms with Crippen LogP contribution in [0.4, 0.5) is 0 Å². The van der Waals surface area contributed by atoms with Gasteiger partial charge < -0.3 is 13.3 Å². The first-order valence-electron chi connectivity index (χ1n) is 51.5. The molecule has 3 aromatic heterocycles. The first-order valence-corrected chi connectivity index (χ1v) is 51.5. The molecule has 35 rings (SSSR count). The average molecular weight is 1870 g/mol. The van der Waals surface area contributed by atoms with E-state index >= 15 is 0 Å². The zero-order chi connectivity index (χ0) is 96.5. The monoisotopic (exact) mass is 1870 g/mol. The minimum absolute atomic E-state index is 0.379. The van der Waals surface area contributed by atoms with E-state index in [1.54, 1.807) is 0 Å².